The summed E-state index contributed by atoms with van der Waals surface area (Å²) in [6.07, 6.45) is 4.64. The minimum absolute atomic E-state index is 0.0132. The summed E-state index contributed by atoms with van der Waals surface area (Å²) in [5.74, 6) is -0.0421. The Morgan fingerprint density at radius 1 is 1.04 bits per heavy atom. The van der Waals surface area contributed by atoms with Crippen molar-refractivity contribution >= 4 is 12.0 Å². The number of carbonyl (C=O) groups excluding carboxylic acids is 1. The number of benzene rings is 2. The Kier molecular flexibility index (Phi) is 3.93. The highest BCUT2D eigenvalue weighted by atomic mass is 16.4. The number of aromatic nitrogens is 1. The first kappa shape index (κ1) is 14.6. The number of ketones is 1. The molecular weight excluding hydrogens is 292 g/mol. The average molecular weight is 306 g/mol. The van der Waals surface area contributed by atoms with Crippen LogP contribution in [0.5, 0.6) is 5.75 Å². The fraction of sp³-hybridized carbons (Fsp3) is 0. The van der Waals surface area contributed by atoms with E-state index in [2.05, 4.69) is 5.16 Å². The van der Waals surface area contributed by atoms with Gasteiger partial charge in [0.15, 0.2) is 5.78 Å². The van der Waals surface area contributed by atoms with Crippen LogP contribution in [0.2, 0.25) is 0 Å². The van der Waals surface area contributed by atoms with E-state index < -0.39 is 0 Å². The van der Waals surface area contributed by atoms with Crippen molar-refractivity contribution in [1.82, 2.24) is 4.57 Å². The largest absolute Gasteiger partial charge is 0.507 e. The molecule has 3 rings (SSSR count). The molecule has 0 aliphatic carbocycles. The summed E-state index contributed by atoms with van der Waals surface area (Å²) in [5, 5.41) is 21.2. The molecule has 0 atom stereocenters. The molecular formula is C18H14N2O3. The molecule has 2 aromatic carbocycles. The third-order valence-corrected chi connectivity index (χ3v) is 3.50. The summed E-state index contributed by atoms with van der Waals surface area (Å²) >= 11 is 0. The molecule has 0 aliphatic heterocycles. The summed E-state index contributed by atoms with van der Waals surface area (Å²) in [5.41, 5.74) is 2.32. The van der Waals surface area contributed by atoms with Gasteiger partial charge in [-0.15, -0.1) is 0 Å². The van der Waals surface area contributed by atoms with Crippen LogP contribution in [0.1, 0.15) is 21.5 Å². The van der Waals surface area contributed by atoms with Gasteiger partial charge in [-0.05, 0) is 24.3 Å². The Hall–Kier alpha value is -3.34. The number of phenolic OH excluding ortho intramolecular Hbond substituents is 1. The number of oxime groups is 1. The van der Waals surface area contributed by atoms with E-state index in [4.69, 9.17) is 5.21 Å². The molecule has 23 heavy (non-hydrogen) atoms. The third-order valence-electron chi connectivity index (χ3n) is 3.50. The second-order valence-electron chi connectivity index (χ2n) is 4.99. The Morgan fingerprint density at radius 2 is 1.83 bits per heavy atom. The molecule has 1 aromatic heterocycles. The molecule has 0 aliphatic rings. The van der Waals surface area contributed by atoms with Crippen LogP contribution in [0.15, 0.2) is 72.1 Å². The molecule has 0 saturated heterocycles. The van der Waals surface area contributed by atoms with Crippen LogP contribution >= 0.6 is 0 Å². The highest BCUT2D eigenvalue weighted by Crippen LogP contribution is 2.21. The maximum atomic E-state index is 12.4. The molecule has 0 bridgehead atoms. The van der Waals surface area contributed by atoms with Crippen LogP contribution in [-0.4, -0.2) is 26.9 Å². The molecule has 5 heteroatoms. The maximum Gasteiger partial charge on any atom is 0.194 e. The standard InChI is InChI=1S/C18H14N2O3/c21-17-7-6-16(10-15(17)11-19-23)20-9-8-14(12-20)18(22)13-4-2-1-3-5-13/h1-12,21,23H/b19-11+. The van der Waals surface area contributed by atoms with Crippen LogP contribution in [0.25, 0.3) is 5.69 Å². The molecule has 0 spiro atoms. The SMILES string of the molecule is O=C(c1ccccc1)c1ccn(-c2ccc(O)c(/C=N/O)c2)c1. The average Bonchev–Trinajstić information content (AvgIpc) is 3.07. The van der Waals surface area contributed by atoms with Gasteiger partial charge in [0.05, 0.1) is 6.21 Å². The Morgan fingerprint density at radius 3 is 2.57 bits per heavy atom. The van der Waals surface area contributed by atoms with E-state index in [9.17, 15) is 9.90 Å². The van der Waals surface area contributed by atoms with E-state index in [1.165, 1.54) is 6.07 Å². The molecule has 0 amide bonds. The van der Waals surface area contributed by atoms with Gasteiger partial charge in [0.1, 0.15) is 5.75 Å². The fourth-order valence-corrected chi connectivity index (χ4v) is 2.32. The first-order chi connectivity index (χ1) is 11.2. The Labute approximate surface area is 132 Å². The van der Waals surface area contributed by atoms with Gasteiger partial charge in [-0.25, -0.2) is 0 Å². The smallest absolute Gasteiger partial charge is 0.194 e. The van der Waals surface area contributed by atoms with Crippen molar-refractivity contribution in [3.05, 3.63) is 83.7 Å². The monoisotopic (exact) mass is 306 g/mol. The van der Waals surface area contributed by atoms with E-state index in [1.807, 2.05) is 18.2 Å². The second-order valence-corrected chi connectivity index (χ2v) is 4.99. The minimum Gasteiger partial charge on any atom is -0.507 e. The zero-order valence-electron chi connectivity index (χ0n) is 12.1. The lowest BCUT2D eigenvalue weighted by Crippen LogP contribution is -1.99. The number of rotatable bonds is 4. The zero-order chi connectivity index (χ0) is 16.2. The van der Waals surface area contributed by atoms with Gasteiger partial charge in [-0.1, -0.05) is 35.5 Å². The maximum absolute atomic E-state index is 12.4. The van der Waals surface area contributed by atoms with Crippen LogP contribution in [0.3, 0.4) is 0 Å². The molecule has 3 aromatic rings. The van der Waals surface area contributed by atoms with Crippen molar-refractivity contribution in [2.75, 3.05) is 0 Å². The Balaban J connectivity index is 1.93. The van der Waals surface area contributed by atoms with Gasteiger partial charge < -0.3 is 14.9 Å². The number of hydrogen-bond acceptors (Lipinski definition) is 4. The van der Waals surface area contributed by atoms with Crippen LogP contribution in [-0.2, 0) is 0 Å². The number of nitrogens with zero attached hydrogens (tertiary/aromatic N) is 2. The van der Waals surface area contributed by atoms with E-state index >= 15 is 0 Å². The molecule has 2 N–H and O–H groups in total. The van der Waals surface area contributed by atoms with Crippen LogP contribution in [0, 0.1) is 0 Å². The lowest BCUT2D eigenvalue weighted by Gasteiger charge is -2.05. The van der Waals surface area contributed by atoms with E-state index in [-0.39, 0.29) is 11.5 Å². The van der Waals surface area contributed by atoms with Crippen molar-refractivity contribution in [2.45, 2.75) is 0 Å². The Bertz CT molecular complexity index is 867. The van der Waals surface area contributed by atoms with Crippen LogP contribution < -0.4 is 0 Å². The predicted molar refractivity (Wildman–Crippen MR) is 86.7 cm³/mol. The summed E-state index contributed by atoms with van der Waals surface area (Å²) in [6.45, 7) is 0. The van der Waals surface area contributed by atoms with Crippen molar-refractivity contribution in [2.24, 2.45) is 5.16 Å². The number of hydrogen-bond donors (Lipinski definition) is 2. The third kappa shape index (κ3) is 2.98. The summed E-state index contributed by atoms with van der Waals surface area (Å²) in [4.78, 5) is 12.4. The number of carbonyl (C=O) groups is 1. The molecule has 114 valence electrons. The lowest BCUT2D eigenvalue weighted by atomic mass is 10.1. The van der Waals surface area contributed by atoms with Crippen molar-refractivity contribution < 1.29 is 15.1 Å². The van der Waals surface area contributed by atoms with Gasteiger partial charge in [0.25, 0.3) is 0 Å². The highest BCUT2D eigenvalue weighted by Gasteiger charge is 2.11. The molecule has 0 fully saturated rings. The summed E-state index contributed by atoms with van der Waals surface area (Å²) in [6, 6.07) is 15.7. The molecule has 0 radical (unpaired) electrons. The van der Waals surface area contributed by atoms with E-state index in [0.717, 1.165) is 11.9 Å². The van der Waals surface area contributed by atoms with E-state index in [1.54, 1.807) is 47.3 Å². The number of phenols is 1. The molecule has 5 nitrogen and oxygen atoms in total. The normalized spacial score (nSPS) is 11.0. The minimum atomic E-state index is -0.0553. The first-order valence-corrected chi connectivity index (χ1v) is 6.97. The second kappa shape index (κ2) is 6.19. The summed E-state index contributed by atoms with van der Waals surface area (Å²) in [7, 11) is 0. The van der Waals surface area contributed by atoms with Crippen molar-refractivity contribution in [3.8, 4) is 11.4 Å². The van der Waals surface area contributed by atoms with Gasteiger partial charge in [-0.2, -0.15) is 0 Å². The topological polar surface area (TPSA) is 74.8 Å². The zero-order valence-corrected chi connectivity index (χ0v) is 12.1. The van der Waals surface area contributed by atoms with Gasteiger partial charge >= 0.3 is 0 Å². The van der Waals surface area contributed by atoms with Crippen molar-refractivity contribution in [3.63, 3.8) is 0 Å². The quantitative estimate of drug-likeness (QED) is 0.336. The van der Waals surface area contributed by atoms with Gasteiger partial charge in [0.2, 0.25) is 0 Å². The predicted octanol–water partition coefficient (Wildman–Crippen LogP) is 3.22. The molecule has 0 unspecified atom stereocenters. The van der Waals surface area contributed by atoms with E-state index in [0.29, 0.717) is 16.7 Å². The summed E-state index contributed by atoms with van der Waals surface area (Å²) < 4.78 is 1.77. The highest BCUT2D eigenvalue weighted by molar-refractivity contribution is 6.08. The van der Waals surface area contributed by atoms with Gasteiger partial charge in [-0.3, -0.25) is 4.79 Å². The molecule has 0 saturated carbocycles. The van der Waals surface area contributed by atoms with Crippen molar-refractivity contribution in [1.29, 1.82) is 0 Å². The first-order valence-electron chi connectivity index (χ1n) is 6.97. The van der Waals surface area contributed by atoms with Gasteiger partial charge in [0, 0.05) is 34.8 Å². The molecule has 1 heterocycles. The van der Waals surface area contributed by atoms with Crippen LogP contribution in [0.4, 0.5) is 0 Å². The fourth-order valence-electron chi connectivity index (χ4n) is 2.32. The lowest BCUT2D eigenvalue weighted by molar-refractivity contribution is 0.103. The number of aromatic hydroxyl groups is 1.